The van der Waals surface area contributed by atoms with Gasteiger partial charge in [-0.3, -0.25) is 13.9 Å². The molecule has 0 aromatic heterocycles. The summed E-state index contributed by atoms with van der Waals surface area (Å²) in [6.45, 7) is 8.96. The number of benzene rings is 2. The Balaban J connectivity index is 2.41. The Bertz CT molecular complexity index is 1130. The number of carbonyl (C=O) groups is 2. The van der Waals surface area contributed by atoms with Gasteiger partial charge in [-0.25, -0.2) is 8.42 Å². The summed E-state index contributed by atoms with van der Waals surface area (Å²) in [5, 5.41) is 2.91. The molecule has 2 atom stereocenters. The van der Waals surface area contributed by atoms with Crippen molar-refractivity contribution in [2.75, 3.05) is 24.2 Å². The van der Waals surface area contributed by atoms with Crippen molar-refractivity contribution in [3.8, 4) is 5.75 Å². The van der Waals surface area contributed by atoms with Crippen molar-refractivity contribution in [3.63, 3.8) is 0 Å². The molecule has 0 heterocycles. The maximum Gasteiger partial charge on any atom is 0.244 e. The lowest BCUT2D eigenvalue weighted by atomic mass is 10.1. The van der Waals surface area contributed by atoms with Gasteiger partial charge in [0.25, 0.3) is 0 Å². The van der Waals surface area contributed by atoms with Crippen LogP contribution in [0.5, 0.6) is 5.75 Å². The molecule has 1 N–H and O–H groups in total. The maximum atomic E-state index is 13.6. The van der Waals surface area contributed by atoms with E-state index in [1.165, 1.54) is 4.90 Å². The lowest BCUT2D eigenvalue weighted by Gasteiger charge is -2.32. The Hall–Kier alpha value is -3.07. The number of hydrogen-bond donors (Lipinski definition) is 1. The Morgan fingerprint density at radius 1 is 1.06 bits per heavy atom. The zero-order valence-electron chi connectivity index (χ0n) is 21.7. The van der Waals surface area contributed by atoms with E-state index in [0.717, 1.165) is 33.7 Å². The average Bonchev–Trinajstić information content (AvgIpc) is 2.80. The molecular formula is C26H37N3O5S. The zero-order valence-corrected chi connectivity index (χ0v) is 22.5. The van der Waals surface area contributed by atoms with Crippen molar-refractivity contribution in [2.45, 2.75) is 59.7 Å². The topological polar surface area (TPSA) is 96.0 Å². The number of amides is 2. The van der Waals surface area contributed by atoms with Crippen LogP contribution in [0.2, 0.25) is 0 Å². The van der Waals surface area contributed by atoms with E-state index in [4.69, 9.17) is 4.74 Å². The first kappa shape index (κ1) is 28.2. The third kappa shape index (κ3) is 7.71. The molecule has 0 bridgehead atoms. The molecule has 0 aliphatic rings. The highest BCUT2D eigenvalue weighted by Crippen LogP contribution is 2.24. The van der Waals surface area contributed by atoms with Crippen molar-refractivity contribution in [2.24, 2.45) is 0 Å². The van der Waals surface area contributed by atoms with Crippen LogP contribution in [0, 0.1) is 13.8 Å². The number of rotatable bonds is 11. The van der Waals surface area contributed by atoms with Crippen LogP contribution in [-0.4, -0.2) is 57.1 Å². The number of nitrogens with one attached hydrogen (secondary N) is 1. The molecule has 2 rings (SSSR count). The number of methoxy groups -OCH3 is 1. The second kappa shape index (κ2) is 12.1. The zero-order chi connectivity index (χ0) is 26.3. The Morgan fingerprint density at radius 3 is 2.20 bits per heavy atom. The standard InChI is InChI=1S/C26H37N3O5S/c1-8-20(4)27-26(31)21(5)28(16-22-10-12-23(34-6)13-11-22)25(30)17-29(35(7,32)33)24-14-9-18(2)15-19(24)3/h9-15,20-21H,8,16-17H2,1-7H3,(H,27,31)/t20-,21+/m0/s1. The largest absolute Gasteiger partial charge is 0.497 e. The van der Waals surface area contributed by atoms with E-state index >= 15 is 0 Å². The van der Waals surface area contributed by atoms with Gasteiger partial charge in [-0.05, 0) is 63.4 Å². The smallest absolute Gasteiger partial charge is 0.244 e. The van der Waals surface area contributed by atoms with Gasteiger partial charge >= 0.3 is 0 Å². The third-order valence-corrected chi connectivity index (χ3v) is 7.11. The Kier molecular flexibility index (Phi) is 9.71. The second-order valence-corrected chi connectivity index (χ2v) is 10.8. The molecule has 0 saturated heterocycles. The van der Waals surface area contributed by atoms with Crippen molar-refractivity contribution in [1.29, 1.82) is 0 Å². The summed E-state index contributed by atoms with van der Waals surface area (Å²) in [7, 11) is -2.20. The first-order valence-corrected chi connectivity index (χ1v) is 13.5. The summed E-state index contributed by atoms with van der Waals surface area (Å²) < 4.78 is 31.7. The van der Waals surface area contributed by atoms with Crippen LogP contribution in [0.15, 0.2) is 42.5 Å². The Morgan fingerprint density at radius 2 is 1.69 bits per heavy atom. The van der Waals surface area contributed by atoms with Crippen LogP contribution in [0.3, 0.4) is 0 Å². The molecule has 2 amide bonds. The summed E-state index contributed by atoms with van der Waals surface area (Å²) in [5.74, 6) is -0.0936. The number of anilines is 1. The number of carbonyl (C=O) groups excluding carboxylic acids is 2. The van der Waals surface area contributed by atoms with Gasteiger partial charge in [-0.2, -0.15) is 0 Å². The van der Waals surface area contributed by atoms with Gasteiger partial charge < -0.3 is 15.0 Å². The summed E-state index contributed by atoms with van der Waals surface area (Å²) in [4.78, 5) is 27.9. The summed E-state index contributed by atoms with van der Waals surface area (Å²) >= 11 is 0. The molecule has 192 valence electrons. The molecule has 9 heteroatoms. The first-order chi connectivity index (χ1) is 16.4. The van der Waals surface area contributed by atoms with E-state index in [9.17, 15) is 18.0 Å². The minimum Gasteiger partial charge on any atom is -0.497 e. The average molecular weight is 504 g/mol. The van der Waals surface area contributed by atoms with Crippen LogP contribution >= 0.6 is 0 Å². The molecule has 35 heavy (non-hydrogen) atoms. The van der Waals surface area contributed by atoms with Crippen LogP contribution < -0.4 is 14.4 Å². The quantitative estimate of drug-likeness (QED) is 0.507. The van der Waals surface area contributed by atoms with E-state index < -0.39 is 28.5 Å². The van der Waals surface area contributed by atoms with E-state index in [1.54, 1.807) is 32.2 Å². The van der Waals surface area contributed by atoms with E-state index in [2.05, 4.69) is 5.32 Å². The highest BCUT2D eigenvalue weighted by Gasteiger charge is 2.30. The highest BCUT2D eigenvalue weighted by atomic mass is 32.2. The van der Waals surface area contributed by atoms with Crippen LogP contribution in [0.25, 0.3) is 0 Å². The second-order valence-electron chi connectivity index (χ2n) is 8.92. The fourth-order valence-corrected chi connectivity index (χ4v) is 4.56. The first-order valence-electron chi connectivity index (χ1n) is 11.6. The monoisotopic (exact) mass is 503 g/mol. The van der Waals surface area contributed by atoms with Crippen molar-refractivity contribution in [1.82, 2.24) is 10.2 Å². The highest BCUT2D eigenvalue weighted by molar-refractivity contribution is 7.92. The van der Waals surface area contributed by atoms with E-state index in [1.807, 2.05) is 52.0 Å². The van der Waals surface area contributed by atoms with Gasteiger partial charge in [0, 0.05) is 12.6 Å². The maximum absolute atomic E-state index is 13.6. The van der Waals surface area contributed by atoms with Crippen LogP contribution in [-0.2, 0) is 26.2 Å². The molecule has 2 aromatic carbocycles. The Labute approximate surface area is 209 Å². The van der Waals surface area contributed by atoms with Crippen molar-refractivity contribution in [3.05, 3.63) is 59.2 Å². The fraction of sp³-hybridized carbons (Fsp3) is 0.462. The van der Waals surface area contributed by atoms with Crippen molar-refractivity contribution < 1.29 is 22.7 Å². The number of hydrogen-bond acceptors (Lipinski definition) is 5. The molecule has 8 nitrogen and oxygen atoms in total. The molecule has 0 spiro atoms. The van der Waals surface area contributed by atoms with Gasteiger partial charge in [0.15, 0.2) is 0 Å². The molecule has 2 aromatic rings. The number of aryl methyl sites for hydroxylation is 2. The van der Waals surface area contributed by atoms with E-state index in [-0.39, 0.29) is 18.5 Å². The number of ether oxygens (including phenoxy) is 1. The normalized spacial score (nSPS) is 13.0. The summed E-state index contributed by atoms with van der Waals surface area (Å²) in [6, 6.07) is 11.7. The minimum absolute atomic E-state index is 0.0504. The minimum atomic E-state index is -3.76. The molecule has 0 fully saturated rings. The molecule has 0 aliphatic carbocycles. The number of nitrogens with zero attached hydrogens (tertiary/aromatic N) is 2. The lowest BCUT2D eigenvalue weighted by Crippen LogP contribution is -2.52. The predicted molar refractivity (Wildman–Crippen MR) is 139 cm³/mol. The molecular weight excluding hydrogens is 466 g/mol. The molecule has 0 aliphatic heterocycles. The van der Waals surface area contributed by atoms with Crippen LogP contribution in [0.4, 0.5) is 5.69 Å². The van der Waals surface area contributed by atoms with Crippen molar-refractivity contribution >= 4 is 27.5 Å². The fourth-order valence-electron chi connectivity index (χ4n) is 3.66. The van der Waals surface area contributed by atoms with Gasteiger partial charge in [0.1, 0.15) is 18.3 Å². The third-order valence-electron chi connectivity index (χ3n) is 5.98. The number of sulfonamides is 1. The predicted octanol–water partition coefficient (Wildman–Crippen LogP) is 3.41. The van der Waals surface area contributed by atoms with Crippen LogP contribution in [0.1, 0.15) is 43.9 Å². The lowest BCUT2D eigenvalue weighted by molar-refractivity contribution is -0.139. The van der Waals surface area contributed by atoms with Gasteiger partial charge in [0.05, 0.1) is 19.1 Å². The van der Waals surface area contributed by atoms with Gasteiger partial charge in [0.2, 0.25) is 21.8 Å². The molecule has 0 saturated carbocycles. The van der Waals surface area contributed by atoms with Gasteiger partial charge in [-0.1, -0.05) is 36.8 Å². The van der Waals surface area contributed by atoms with E-state index in [0.29, 0.717) is 11.4 Å². The summed E-state index contributed by atoms with van der Waals surface area (Å²) in [6.07, 6.45) is 1.83. The van der Waals surface area contributed by atoms with Gasteiger partial charge in [-0.15, -0.1) is 0 Å². The summed E-state index contributed by atoms with van der Waals surface area (Å²) in [5.41, 5.74) is 2.96. The SMILES string of the molecule is CC[C@H](C)NC(=O)[C@@H](C)N(Cc1ccc(OC)cc1)C(=O)CN(c1ccc(C)cc1C)S(C)(=O)=O. The molecule has 0 unspecified atom stereocenters. The molecule has 0 radical (unpaired) electrons.